The Hall–Kier alpha value is -2.21. The van der Waals surface area contributed by atoms with Crippen LogP contribution in [0.5, 0.6) is 0 Å². The van der Waals surface area contributed by atoms with Gasteiger partial charge in [-0.1, -0.05) is 18.2 Å². The summed E-state index contributed by atoms with van der Waals surface area (Å²) in [6.45, 7) is 4.22. The lowest BCUT2D eigenvalue weighted by Gasteiger charge is -2.09. The first-order chi connectivity index (χ1) is 9.97. The van der Waals surface area contributed by atoms with E-state index in [0.29, 0.717) is 11.4 Å². The molecule has 0 atom stereocenters. The van der Waals surface area contributed by atoms with Crippen LogP contribution in [0.4, 0.5) is 0 Å². The van der Waals surface area contributed by atoms with E-state index in [-0.39, 0.29) is 18.1 Å². The minimum Gasteiger partial charge on any atom is -0.476 e. The highest BCUT2D eigenvalue weighted by molar-refractivity contribution is 7.09. The Labute approximate surface area is 126 Å². The van der Waals surface area contributed by atoms with E-state index in [0.717, 1.165) is 16.7 Å². The Morgan fingerprint density at radius 3 is 2.52 bits per heavy atom. The van der Waals surface area contributed by atoms with Crippen LogP contribution in [0.1, 0.15) is 32.2 Å². The van der Waals surface area contributed by atoms with E-state index in [9.17, 15) is 9.59 Å². The number of rotatable bonds is 5. The highest BCUT2D eigenvalue weighted by atomic mass is 32.1. The molecule has 0 saturated carbocycles. The normalized spacial score (nSPS) is 10.4. The van der Waals surface area contributed by atoms with Crippen molar-refractivity contribution in [3.63, 3.8) is 0 Å². The topological polar surface area (TPSA) is 79.3 Å². The summed E-state index contributed by atoms with van der Waals surface area (Å²) in [5, 5.41) is 13.6. The molecule has 0 aliphatic rings. The summed E-state index contributed by atoms with van der Waals surface area (Å²) >= 11 is 1.23. The zero-order chi connectivity index (χ0) is 15.4. The molecular formula is C15H16N2O3S. The van der Waals surface area contributed by atoms with E-state index in [1.165, 1.54) is 16.7 Å². The molecule has 2 aromatic rings. The Morgan fingerprint density at radius 1 is 1.29 bits per heavy atom. The lowest BCUT2D eigenvalue weighted by molar-refractivity contribution is -0.120. The van der Waals surface area contributed by atoms with Gasteiger partial charge < -0.3 is 10.4 Å². The zero-order valence-corrected chi connectivity index (χ0v) is 12.7. The average Bonchev–Trinajstić information content (AvgIpc) is 2.90. The molecule has 1 aromatic heterocycles. The van der Waals surface area contributed by atoms with Crippen LogP contribution < -0.4 is 5.32 Å². The number of nitrogens with zero attached hydrogens (tertiary/aromatic N) is 1. The number of benzene rings is 1. The Kier molecular flexibility index (Phi) is 4.70. The second-order valence-electron chi connectivity index (χ2n) is 4.76. The molecule has 1 heterocycles. The van der Waals surface area contributed by atoms with E-state index in [4.69, 9.17) is 5.11 Å². The first kappa shape index (κ1) is 15.2. The van der Waals surface area contributed by atoms with Crippen LogP contribution in [-0.4, -0.2) is 22.0 Å². The molecule has 1 aromatic carbocycles. The number of hydrogen-bond acceptors (Lipinski definition) is 4. The molecule has 0 aliphatic carbocycles. The number of carbonyl (C=O) groups is 2. The summed E-state index contributed by atoms with van der Waals surface area (Å²) in [4.78, 5) is 26.6. The summed E-state index contributed by atoms with van der Waals surface area (Å²) in [5.74, 6) is -1.15. The molecule has 0 saturated heterocycles. The molecule has 1 amide bonds. The van der Waals surface area contributed by atoms with Crippen LogP contribution in [0, 0.1) is 13.8 Å². The summed E-state index contributed by atoms with van der Waals surface area (Å²) in [6.07, 6.45) is 0.315. The molecule has 0 unspecified atom stereocenters. The van der Waals surface area contributed by atoms with Gasteiger partial charge in [0.15, 0.2) is 5.69 Å². The predicted octanol–water partition coefficient (Wildman–Crippen LogP) is 2.32. The number of nitrogens with one attached hydrogen (secondary N) is 1. The maximum atomic E-state index is 12.0. The molecule has 2 N–H and O–H groups in total. The largest absolute Gasteiger partial charge is 0.476 e. The standard InChI is InChI=1S/C15H16N2O3S/c1-9-4-3-5-10(2)11(9)6-13(18)16-7-14-17-12(8-21-14)15(19)20/h3-5,8H,6-7H2,1-2H3,(H,16,18)(H,19,20). The van der Waals surface area contributed by atoms with Crippen LogP contribution in [0.15, 0.2) is 23.6 Å². The third kappa shape index (κ3) is 3.88. The number of amides is 1. The molecule has 5 nitrogen and oxygen atoms in total. The van der Waals surface area contributed by atoms with Crippen molar-refractivity contribution >= 4 is 23.2 Å². The maximum Gasteiger partial charge on any atom is 0.355 e. The molecule has 0 radical (unpaired) electrons. The van der Waals surface area contributed by atoms with E-state index in [2.05, 4.69) is 10.3 Å². The van der Waals surface area contributed by atoms with Gasteiger partial charge in [0, 0.05) is 5.38 Å². The number of carbonyl (C=O) groups excluding carboxylic acids is 1. The van der Waals surface area contributed by atoms with Crippen molar-refractivity contribution < 1.29 is 14.7 Å². The van der Waals surface area contributed by atoms with Crippen LogP contribution in [0.3, 0.4) is 0 Å². The fraction of sp³-hybridized carbons (Fsp3) is 0.267. The van der Waals surface area contributed by atoms with Crippen molar-refractivity contribution in [3.05, 3.63) is 51.0 Å². The van der Waals surface area contributed by atoms with Gasteiger partial charge in [-0.2, -0.15) is 0 Å². The van der Waals surface area contributed by atoms with Gasteiger partial charge in [0.2, 0.25) is 5.91 Å². The third-order valence-corrected chi connectivity index (χ3v) is 4.04. The van der Waals surface area contributed by atoms with Gasteiger partial charge in [0.25, 0.3) is 0 Å². The number of hydrogen-bond donors (Lipinski definition) is 2. The Morgan fingerprint density at radius 2 is 1.95 bits per heavy atom. The van der Waals surface area contributed by atoms with Gasteiger partial charge in [-0.25, -0.2) is 9.78 Å². The van der Waals surface area contributed by atoms with E-state index in [1.54, 1.807) is 0 Å². The summed E-state index contributed by atoms with van der Waals surface area (Å²) < 4.78 is 0. The van der Waals surface area contributed by atoms with Crippen LogP contribution in [0.25, 0.3) is 0 Å². The van der Waals surface area contributed by atoms with Gasteiger partial charge in [-0.3, -0.25) is 4.79 Å². The zero-order valence-electron chi connectivity index (χ0n) is 11.8. The smallest absolute Gasteiger partial charge is 0.355 e. The van der Waals surface area contributed by atoms with Crippen molar-refractivity contribution in [1.82, 2.24) is 10.3 Å². The summed E-state index contributed by atoms with van der Waals surface area (Å²) in [5.41, 5.74) is 3.22. The van der Waals surface area contributed by atoms with E-state index >= 15 is 0 Å². The van der Waals surface area contributed by atoms with Crippen LogP contribution >= 0.6 is 11.3 Å². The van der Waals surface area contributed by atoms with Gasteiger partial charge in [-0.15, -0.1) is 11.3 Å². The number of carboxylic acid groups (broad SMARTS) is 1. The molecule has 0 aliphatic heterocycles. The fourth-order valence-corrected chi connectivity index (χ4v) is 2.72. The van der Waals surface area contributed by atoms with E-state index < -0.39 is 5.97 Å². The molecule has 0 bridgehead atoms. The molecule has 0 spiro atoms. The van der Waals surface area contributed by atoms with Gasteiger partial charge in [0.05, 0.1) is 13.0 Å². The lowest BCUT2D eigenvalue weighted by atomic mass is 10.00. The number of aromatic nitrogens is 1. The van der Waals surface area contributed by atoms with Gasteiger partial charge >= 0.3 is 5.97 Å². The number of aryl methyl sites for hydroxylation is 2. The molecule has 2 rings (SSSR count). The minimum atomic E-state index is -1.06. The first-order valence-electron chi connectivity index (χ1n) is 6.47. The Bertz CT molecular complexity index is 659. The monoisotopic (exact) mass is 304 g/mol. The quantitative estimate of drug-likeness (QED) is 0.888. The van der Waals surface area contributed by atoms with Crippen molar-refractivity contribution in [3.8, 4) is 0 Å². The number of thiazole rings is 1. The maximum absolute atomic E-state index is 12.0. The van der Waals surface area contributed by atoms with E-state index in [1.807, 2.05) is 32.0 Å². The highest BCUT2D eigenvalue weighted by Gasteiger charge is 2.11. The molecule has 0 fully saturated rings. The SMILES string of the molecule is Cc1cccc(C)c1CC(=O)NCc1nc(C(=O)O)cs1. The second-order valence-corrected chi connectivity index (χ2v) is 5.70. The van der Waals surface area contributed by atoms with Crippen LogP contribution in [-0.2, 0) is 17.8 Å². The molecular weight excluding hydrogens is 288 g/mol. The molecule has 6 heteroatoms. The summed E-state index contributed by atoms with van der Waals surface area (Å²) in [6, 6.07) is 5.93. The minimum absolute atomic E-state index is 0.0130. The highest BCUT2D eigenvalue weighted by Crippen LogP contribution is 2.14. The lowest BCUT2D eigenvalue weighted by Crippen LogP contribution is -2.25. The number of aromatic carboxylic acids is 1. The van der Waals surface area contributed by atoms with Crippen molar-refractivity contribution in [2.45, 2.75) is 26.8 Å². The van der Waals surface area contributed by atoms with Crippen molar-refractivity contribution in [2.75, 3.05) is 0 Å². The second kappa shape index (κ2) is 6.49. The molecule has 21 heavy (non-hydrogen) atoms. The average molecular weight is 304 g/mol. The fourth-order valence-electron chi connectivity index (χ4n) is 2.02. The summed E-state index contributed by atoms with van der Waals surface area (Å²) in [7, 11) is 0. The number of carboxylic acids is 1. The Balaban J connectivity index is 1.94. The molecule has 110 valence electrons. The third-order valence-electron chi connectivity index (χ3n) is 3.19. The van der Waals surface area contributed by atoms with Gasteiger partial charge in [-0.05, 0) is 30.5 Å². The van der Waals surface area contributed by atoms with Crippen molar-refractivity contribution in [2.24, 2.45) is 0 Å². The van der Waals surface area contributed by atoms with Gasteiger partial charge in [0.1, 0.15) is 5.01 Å². The first-order valence-corrected chi connectivity index (χ1v) is 7.35. The predicted molar refractivity (Wildman–Crippen MR) is 80.5 cm³/mol. The van der Waals surface area contributed by atoms with Crippen LogP contribution in [0.2, 0.25) is 0 Å². The van der Waals surface area contributed by atoms with Crippen molar-refractivity contribution in [1.29, 1.82) is 0 Å².